The lowest BCUT2D eigenvalue weighted by molar-refractivity contribution is -0.122. The largest absolute Gasteiger partial charge is 0.369 e. The molecule has 6 nitrogen and oxygen atoms in total. The van der Waals surface area contributed by atoms with Gasteiger partial charge >= 0.3 is 0 Å². The number of primary amides is 1. The topological polar surface area (TPSA) is 86.7 Å². The fourth-order valence-corrected chi connectivity index (χ4v) is 3.90. The molecule has 2 aromatic carbocycles. The first-order valence-corrected chi connectivity index (χ1v) is 8.84. The number of benzene rings is 2. The second kappa shape index (κ2) is 6.13. The maximum atomic E-state index is 14.7. The van der Waals surface area contributed by atoms with E-state index in [-0.39, 0.29) is 22.3 Å². The van der Waals surface area contributed by atoms with E-state index in [1.54, 1.807) is 13.1 Å². The van der Waals surface area contributed by atoms with Crippen LogP contribution in [0.1, 0.15) is 24.5 Å². The van der Waals surface area contributed by atoms with Gasteiger partial charge in [0, 0.05) is 5.02 Å². The molecular formula is C19H17ClFN5O. The minimum atomic E-state index is -0.678. The number of carbonyl (C=O) groups is 1. The van der Waals surface area contributed by atoms with Crippen LogP contribution in [0.5, 0.6) is 0 Å². The lowest BCUT2D eigenvalue weighted by atomic mass is 9.83. The Labute approximate surface area is 160 Å². The first-order chi connectivity index (χ1) is 12.8. The molecule has 27 heavy (non-hydrogen) atoms. The Morgan fingerprint density at radius 1 is 1.33 bits per heavy atom. The quantitative estimate of drug-likeness (QED) is 0.750. The Morgan fingerprint density at radius 3 is 2.78 bits per heavy atom. The molecule has 0 saturated carbocycles. The fraction of sp³-hybridized carbons (Fsp3) is 0.263. The smallest absolute Gasteiger partial charge is 0.227 e. The van der Waals surface area contributed by atoms with Crippen molar-refractivity contribution in [3.05, 3.63) is 52.3 Å². The Bertz CT molecular complexity index is 1080. The molecule has 0 aliphatic heterocycles. The van der Waals surface area contributed by atoms with Crippen LogP contribution in [-0.4, -0.2) is 26.1 Å². The van der Waals surface area contributed by atoms with Gasteiger partial charge in [-0.15, -0.1) is 10.2 Å². The van der Waals surface area contributed by atoms with Gasteiger partial charge < -0.3 is 5.73 Å². The first kappa shape index (κ1) is 17.6. The van der Waals surface area contributed by atoms with Gasteiger partial charge in [0.2, 0.25) is 11.7 Å². The maximum Gasteiger partial charge on any atom is 0.227 e. The van der Waals surface area contributed by atoms with Crippen LogP contribution in [0.2, 0.25) is 5.02 Å². The summed E-state index contributed by atoms with van der Waals surface area (Å²) in [6.45, 7) is 1.86. The predicted molar refractivity (Wildman–Crippen MR) is 99.5 cm³/mol. The molecule has 1 aliphatic carbocycles. The van der Waals surface area contributed by atoms with Crippen molar-refractivity contribution in [3.8, 4) is 22.5 Å². The number of tetrazole rings is 1. The lowest BCUT2D eigenvalue weighted by Crippen LogP contribution is -2.36. The van der Waals surface area contributed by atoms with Crippen molar-refractivity contribution in [2.75, 3.05) is 0 Å². The number of carbonyl (C=O) groups excluding carboxylic acids is 1. The standard InChI is InChI=1S/C19H17ClFN5O/c1-19(18(22)27)6-5-11-7-10(3-4-14(11)19)13-8-12(20)9-15(21)16(13)17-23-25-26(2)24-17/h3-4,7-9H,5-6H2,1-2H3,(H2,22,27). The van der Waals surface area contributed by atoms with Crippen molar-refractivity contribution in [2.24, 2.45) is 12.8 Å². The molecule has 1 aromatic heterocycles. The van der Waals surface area contributed by atoms with Crippen molar-refractivity contribution in [1.29, 1.82) is 0 Å². The molecule has 0 saturated heterocycles. The third-order valence-electron chi connectivity index (χ3n) is 5.24. The van der Waals surface area contributed by atoms with Crippen molar-refractivity contribution in [2.45, 2.75) is 25.2 Å². The summed E-state index contributed by atoms with van der Waals surface area (Å²) in [6, 6.07) is 8.59. The predicted octanol–water partition coefficient (Wildman–Crippen LogP) is 3.03. The van der Waals surface area contributed by atoms with Gasteiger partial charge in [-0.3, -0.25) is 4.79 Å². The summed E-state index contributed by atoms with van der Waals surface area (Å²) in [5, 5.41) is 12.1. The number of fused-ring (bicyclic) bond motifs is 1. The van der Waals surface area contributed by atoms with Crippen molar-refractivity contribution >= 4 is 17.5 Å². The van der Waals surface area contributed by atoms with Crippen LogP contribution in [0.3, 0.4) is 0 Å². The number of rotatable bonds is 3. The molecule has 0 spiro atoms. The number of hydrogen-bond donors (Lipinski definition) is 1. The highest BCUT2D eigenvalue weighted by Gasteiger charge is 2.39. The minimum absolute atomic E-state index is 0.184. The van der Waals surface area contributed by atoms with Crippen molar-refractivity contribution in [3.63, 3.8) is 0 Å². The zero-order valence-electron chi connectivity index (χ0n) is 14.8. The number of aromatic nitrogens is 4. The van der Waals surface area contributed by atoms with Gasteiger partial charge in [-0.2, -0.15) is 4.80 Å². The fourth-order valence-electron chi connectivity index (χ4n) is 3.69. The molecule has 0 radical (unpaired) electrons. The Balaban J connectivity index is 1.89. The summed E-state index contributed by atoms with van der Waals surface area (Å²) in [6.07, 6.45) is 1.38. The van der Waals surface area contributed by atoms with Gasteiger partial charge in [0.1, 0.15) is 5.82 Å². The van der Waals surface area contributed by atoms with E-state index in [2.05, 4.69) is 15.4 Å². The minimum Gasteiger partial charge on any atom is -0.369 e. The van der Waals surface area contributed by atoms with Crippen molar-refractivity contribution < 1.29 is 9.18 Å². The number of hydrogen-bond acceptors (Lipinski definition) is 4. The number of aryl methyl sites for hydroxylation is 2. The Morgan fingerprint density at radius 2 is 2.11 bits per heavy atom. The summed E-state index contributed by atoms with van der Waals surface area (Å²) in [5.74, 6) is -0.677. The van der Waals surface area contributed by atoms with E-state index in [1.807, 2.05) is 25.1 Å². The van der Waals surface area contributed by atoms with E-state index < -0.39 is 11.2 Å². The van der Waals surface area contributed by atoms with Crippen LogP contribution >= 0.6 is 11.6 Å². The van der Waals surface area contributed by atoms with E-state index >= 15 is 0 Å². The van der Waals surface area contributed by atoms with E-state index in [0.717, 1.165) is 23.1 Å². The van der Waals surface area contributed by atoms with E-state index in [1.165, 1.54) is 10.9 Å². The molecule has 1 unspecified atom stereocenters. The van der Waals surface area contributed by atoms with Crippen LogP contribution in [0.4, 0.5) is 4.39 Å². The monoisotopic (exact) mass is 385 g/mol. The van der Waals surface area contributed by atoms with Gasteiger partial charge in [0.25, 0.3) is 0 Å². The highest BCUT2D eigenvalue weighted by molar-refractivity contribution is 6.31. The van der Waals surface area contributed by atoms with Crippen LogP contribution in [0, 0.1) is 5.82 Å². The van der Waals surface area contributed by atoms with Crippen LogP contribution < -0.4 is 5.73 Å². The van der Waals surface area contributed by atoms with Gasteiger partial charge in [-0.25, -0.2) is 4.39 Å². The van der Waals surface area contributed by atoms with Gasteiger partial charge in [-0.05, 0) is 59.4 Å². The normalized spacial score (nSPS) is 18.5. The summed E-state index contributed by atoms with van der Waals surface area (Å²) in [7, 11) is 1.62. The van der Waals surface area contributed by atoms with Crippen LogP contribution in [0.15, 0.2) is 30.3 Å². The Hall–Kier alpha value is -2.80. The SMILES string of the molecule is Cn1nnc(-c2c(F)cc(Cl)cc2-c2ccc3c(c2)CCC3(C)C(N)=O)n1. The molecule has 1 atom stereocenters. The van der Waals surface area contributed by atoms with Crippen molar-refractivity contribution in [1.82, 2.24) is 20.2 Å². The van der Waals surface area contributed by atoms with E-state index in [4.69, 9.17) is 17.3 Å². The van der Waals surface area contributed by atoms with E-state index in [0.29, 0.717) is 12.0 Å². The molecular weight excluding hydrogens is 369 g/mol. The Kier molecular flexibility index (Phi) is 3.99. The molecule has 0 bridgehead atoms. The summed E-state index contributed by atoms with van der Waals surface area (Å²) in [5.41, 5.74) is 8.45. The third-order valence-corrected chi connectivity index (χ3v) is 5.45. The molecule has 1 heterocycles. The molecule has 8 heteroatoms. The van der Waals surface area contributed by atoms with Gasteiger partial charge in [-0.1, -0.05) is 29.8 Å². The molecule has 0 fully saturated rings. The number of nitrogens with two attached hydrogens (primary N) is 1. The molecule has 2 N–H and O–H groups in total. The zero-order valence-corrected chi connectivity index (χ0v) is 15.6. The van der Waals surface area contributed by atoms with Gasteiger partial charge in [0.15, 0.2) is 0 Å². The highest BCUT2D eigenvalue weighted by Crippen LogP contribution is 2.42. The second-order valence-electron chi connectivity index (χ2n) is 6.98. The van der Waals surface area contributed by atoms with E-state index in [9.17, 15) is 9.18 Å². The van der Waals surface area contributed by atoms with Crippen LogP contribution in [0.25, 0.3) is 22.5 Å². The third kappa shape index (κ3) is 2.78. The molecule has 1 aliphatic rings. The number of amides is 1. The maximum absolute atomic E-state index is 14.7. The van der Waals surface area contributed by atoms with Gasteiger partial charge in [0.05, 0.1) is 18.0 Å². The zero-order chi connectivity index (χ0) is 19.3. The first-order valence-electron chi connectivity index (χ1n) is 8.47. The number of nitrogens with zero attached hydrogens (tertiary/aromatic N) is 4. The summed E-state index contributed by atoms with van der Waals surface area (Å²) in [4.78, 5) is 13.2. The summed E-state index contributed by atoms with van der Waals surface area (Å²) >= 11 is 6.11. The molecule has 4 rings (SSSR count). The molecule has 138 valence electrons. The molecule has 3 aromatic rings. The second-order valence-corrected chi connectivity index (χ2v) is 7.42. The van der Waals surface area contributed by atoms with Crippen LogP contribution in [-0.2, 0) is 23.7 Å². The summed E-state index contributed by atoms with van der Waals surface area (Å²) < 4.78 is 14.7. The molecule has 1 amide bonds. The lowest BCUT2D eigenvalue weighted by Gasteiger charge is -2.21. The average molecular weight is 386 g/mol. The highest BCUT2D eigenvalue weighted by atomic mass is 35.5. The number of halogens is 2. The average Bonchev–Trinajstić information content (AvgIpc) is 3.18.